The van der Waals surface area contributed by atoms with Crippen LogP contribution in [0.1, 0.15) is 11.6 Å². The van der Waals surface area contributed by atoms with E-state index in [1.54, 1.807) is 18.2 Å². The van der Waals surface area contributed by atoms with Crippen molar-refractivity contribution in [3.63, 3.8) is 0 Å². The van der Waals surface area contributed by atoms with E-state index in [4.69, 9.17) is 0 Å². The maximum atomic E-state index is 13.8. The highest BCUT2D eigenvalue weighted by atomic mass is 19.1. The zero-order chi connectivity index (χ0) is 16.1. The summed E-state index contributed by atoms with van der Waals surface area (Å²) in [5.41, 5.74) is 1.25. The number of carbonyl (C=O) groups excluding carboxylic acids is 1. The van der Waals surface area contributed by atoms with Crippen molar-refractivity contribution >= 4 is 11.6 Å². The van der Waals surface area contributed by atoms with Gasteiger partial charge in [0, 0.05) is 18.8 Å². The molecule has 23 heavy (non-hydrogen) atoms. The summed E-state index contributed by atoms with van der Waals surface area (Å²) in [5, 5.41) is 2.68. The summed E-state index contributed by atoms with van der Waals surface area (Å²) in [6, 6.07) is 19.3. The van der Waals surface area contributed by atoms with Gasteiger partial charge in [-0.05, 0) is 29.8 Å². The molecule has 116 valence electrons. The lowest BCUT2D eigenvalue weighted by atomic mass is 10.0. The first-order valence-corrected chi connectivity index (χ1v) is 7.46. The molecule has 0 aliphatic heterocycles. The van der Waals surface area contributed by atoms with Crippen LogP contribution in [0.25, 0.3) is 0 Å². The number of anilines is 1. The molecule has 1 amide bonds. The third-order valence-electron chi connectivity index (χ3n) is 3.69. The van der Waals surface area contributed by atoms with Crippen LogP contribution in [0.3, 0.4) is 0 Å². The molecular formula is C19H17FN2O. The summed E-state index contributed by atoms with van der Waals surface area (Å²) >= 11 is 0. The van der Waals surface area contributed by atoms with Gasteiger partial charge in [0.25, 0.3) is 0 Å². The molecular weight excluding hydrogens is 291 g/mol. The first-order chi connectivity index (χ1) is 11.2. The van der Waals surface area contributed by atoms with Crippen LogP contribution in [0, 0.1) is 5.82 Å². The fourth-order valence-corrected chi connectivity index (χ4v) is 2.51. The molecule has 0 radical (unpaired) electrons. The lowest BCUT2D eigenvalue weighted by molar-refractivity contribution is -0.119. The Balaban J connectivity index is 1.83. The summed E-state index contributed by atoms with van der Waals surface area (Å²) in [6.07, 6.45) is 4.22. The van der Waals surface area contributed by atoms with Crippen LogP contribution in [0.2, 0.25) is 0 Å². The van der Waals surface area contributed by atoms with Crippen molar-refractivity contribution in [1.29, 1.82) is 0 Å². The zero-order valence-electron chi connectivity index (χ0n) is 12.5. The second kappa shape index (κ2) is 6.92. The van der Waals surface area contributed by atoms with Gasteiger partial charge in [-0.2, -0.15) is 0 Å². The summed E-state index contributed by atoms with van der Waals surface area (Å²) in [7, 11) is 0. The highest BCUT2D eigenvalue weighted by Crippen LogP contribution is 2.19. The molecule has 2 aromatic carbocycles. The van der Waals surface area contributed by atoms with Crippen LogP contribution in [0.15, 0.2) is 79.1 Å². The number of nitrogens with zero attached hydrogens (tertiary/aromatic N) is 1. The molecule has 0 aliphatic rings. The number of amides is 1. The maximum absolute atomic E-state index is 13.8. The number of rotatable bonds is 5. The van der Waals surface area contributed by atoms with Crippen LogP contribution < -0.4 is 5.32 Å². The Bertz CT molecular complexity index is 769. The zero-order valence-corrected chi connectivity index (χ0v) is 12.5. The average molecular weight is 308 g/mol. The van der Waals surface area contributed by atoms with Crippen molar-refractivity contribution in [2.45, 2.75) is 12.5 Å². The monoisotopic (exact) mass is 308 g/mol. The molecule has 0 spiro atoms. The van der Waals surface area contributed by atoms with E-state index in [2.05, 4.69) is 5.32 Å². The van der Waals surface area contributed by atoms with Gasteiger partial charge in [-0.3, -0.25) is 4.79 Å². The van der Waals surface area contributed by atoms with Crippen LogP contribution in [-0.4, -0.2) is 10.5 Å². The Kier molecular flexibility index (Phi) is 4.52. The number of hydrogen-bond donors (Lipinski definition) is 1. The molecule has 0 bridgehead atoms. The minimum atomic E-state index is -0.438. The average Bonchev–Trinajstić information content (AvgIpc) is 3.10. The topological polar surface area (TPSA) is 34.0 Å². The van der Waals surface area contributed by atoms with Crippen molar-refractivity contribution in [3.8, 4) is 0 Å². The smallest absolute Gasteiger partial charge is 0.247 e. The highest BCUT2D eigenvalue weighted by Gasteiger charge is 2.21. The highest BCUT2D eigenvalue weighted by molar-refractivity contribution is 5.94. The first kappa shape index (κ1) is 15.0. The van der Waals surface area contributed by atoms with Crippen LogP contribution in [0.4, 0.5) is 10.1 Å². The third kappa shape index (κ3) is 3.66. The third-order valence-corrected chi connectivity index (χ3v) is 3.69. The van der Waals surface area contributed by atoms with E-state index >= 15 is 0 Å². The van der Waals surface area contributed by atoms with Crippen molar-refractivity contribution < 1.29 is 9.18 Å². The van der Waals surface area contributed by atoms with E-state index in [0.29, 0.717) is 6.42 Å². The van der Waals surface area contributed by atoms with Gasteiger partial charge in [0.1, 0.15) is 11.9 Å². The van der Waals surface area contributed by atoms with Crippen LogP contribution in [0.5, 0.6) is 0 Å². The molecule has 1 unspecified atom stereocenters. The van der Waals surface area contributed by atoms with Gasteiger partial charge in [-0.1, -0.05) is 42.5 Å². The predicted octanol–water partition coefficient (Wildman–Crippen LogP) is 4.05. The molecule has 4 heteroatoms. The van der Waals surface area contributed by atoms with E-state index in [1.165, 1.54) is 6.07 Å². The van der Waals surface area contributed by atoms with Crippen molar-refractivity contribution in [2.75, 3.05) is 5.32 Å². The van der Waals surface area contributed by atoms with Gasteiger partial charge in [0.05, 0.1) is 5.69 Å². The summed E-state index contributed by atoms with van der Waals surface area (Å²) in [6.45, 7) is 0. The molecule has 1 heterocycles. The predicted molar refractivity (Wildman–Crippen MR) is 88.6 cm³/mol. The quantitative estimate of drug-likeness (QED) is 0.758. The molecule has 1 N–H and O–H groups in total. The second-order valence-corrected chi connectivity index (χ2v) is 5.30. The minimum absolute atomic E-state index is 0.197. The van der Waals surface area contributed by atoms with Gasteiger partial charge in [-0.25, -0.2) is 4.39 Å². The number of nitrogens with one attached hydrogen (secondary N) is 1. The minimum Gasteiger partial charge on any atom is -0.342 e. The van der Waals surface area contributed by atoms with Gasteiger partial charge >= 0.3 is 0 Å². The maximum Gasteiger partial charge on any atom is 0.247 e. The first-order valence-electron chi connectivity index (χ1n) is 7.46. The van der Waals surface area contributed by atoms with Crippen LogP contribution >= 0.6 is 0 Å². The van der Waals surface area contributed by atoms with Gasteiger partial charge in [-0.15, -0.1) is 0 Å². The van der Waals surface area contributed by atoms with E-state index in [-0.39, 0.29) is 11.6 Å². The molecule has 3 aromatic rings. The number of benzene rings is 2. The molecule has 3 rings (SSSR count). The Labute approximate surface area is 134 Å². The largest absolute Gasteiger partial charge is 0.342 e. The summed E-state index contributed by atoms with van der Waals surface area (Å²) in [5.74, 6) is -0.679. The van der Waals surface area contributed by atoms with Gasteiger partial charge < -0.3 is 9.88 Å². The Morgan fingerprint density at radius 1 is 0.957 bits per heavy atom. The van der Waals surface area contributed by atoms with Crippen LogP contribution in [-0.2, 0) is 11.2 Å². The Morgan fingerprint density at radius 2 is 1.61 bits per heavy atom. The van der Waals surface area contributed by atoms with Gasteiger partial charge in [0.15, 0.2) is 0 Å². The van der Waals surface area contributed by atoms with E-state index in [1.807, 2.05) is 59.4 Å². The van der Waals surface area contributed by atoms with E-state index < -0.39 is 11.9 Å². The number of para-hydroxylation sites is 1. The number of halogens is 1. The number of aromatic nitrogens is 1. The molecule has 3 nitrogen and oxygen atoms in total. The van der Waals surface area contributed by atoms with Gasteiger partial charge in [0.2, 0.25) is 5.91 Å². The molecule has 0 saturated carbocycles. The fraction of sp³-hybridized carbons (Fsp3) is 0.105. The van der Waals surface area contributed by atoms with Crippen molar-refractivity contribution in [3.05, 3.63) is 90.5 Å². The fourth-order valence-electron chi connectivity index (χ4n) is 2.51. The number of hydrogen-bond acceptors (Lipinski definition) is 1. The molecule has 1 atom stereocenters. The van der Waals surface area contributed by atoms with Crippen molar-refractivity contribution in [2.24, 2.45) is 0 Å². The molecule has 1 aromatic heterocycles. The van der Waals surface area contributed by atoms with E-state index in [9.17, 15) is 9.18 Å². The normalized spacial score (nSPS) is 11.9. The van der Waals surface area contributed by atoms with E-state index in [0.717, 1.165) is 5.56 Å². The summed E-state index contributed by atoms with van der Waals surface area (Å²) < 4.78 is 15.6. The second-order valence-electron chi connectivity index (χ2n) is 5.30. The standard InChI is InChI=1S/C19H17FN2O/c20-16-10-4-5-11-17(16)21-19(23)18(22-12-6-7-13-22)14-15-8-2-1-3-9-15/h1-13,18H,14H2,(H,21,23). The Morgan fingerprint density at radius 3 is 2.30 bits per heavy atom. The molecule has 0 aliphatic carbocycles. The SMILES string of the molecule is O=C(Nc1ccccc1F)C(Cc1ccccc1)n1cccc1. The molecule has 0 saturated heterocycles. The summed E-state index contributed by atoms with van der Waals surface area (Å²) in [4.78, 5) is 12.7. The van der Waals surface area contributed by atoms with Crippen molar-refractivity contribution in [1.82, 2.24) is 4.57 Å². The number of carbonyl (C=O) groups is 1. The Hall–Kier alpha value is -2.88. The lowest BCUT2D eigenvalue weighted by Crippen LogP contribution is -2.27. The lowest BCUT2D eigenvalue weighted by Gasteiger charge is -2.19. The molecule has 0 fully saturated rings.